The molecule has 2 aromatic carbocycles. The molecule has 22 heavy (non-hydrogen) atoms. The van der Waals surface area contributed by atoms with Crippen LogP contribution in [-0.4, -0.2) is 10.8 Å². The van der Waals surface area contributed by atoms with Crippen molar-refractivity contribution in [2.75, 3.05) is 5.32 Å². The second-order valence-corrected chi connectivity index (χ2v) is 4.73. The molecule has 0 aliphatic heterocycles. The van der Waals surface area contributed by atoms with Gasteiger partial charge in [-0.05, 0) is 35.9 Å². The molecule has 0 aliphatic rings. The molecule has 0 saturated heterocycles. The number of amides is 1. The number of halogens is 2. The highest BCUT2D eigenvalue weighted by atomic mass is 35.5. The molecule has 0 atom stereocenters. The minimum atomic E-state index is -0.641. The molecule has 2 rings (SSSR count). The van der Waals surface area contributed by atoms with E-state index in [-0.39, 0.29) is 16.4 Å². The average Bonchev–Trinajstić information content (AvgIpc) is 2.47. The van der Waals surface area contributed by atoms with E-state index in [2.05, 4.69) is 5.32 Å². The Balaban J connectivity index is 2.14. The van der Waals surface area contributed by atoms with Crippen molar-refractivity contribution < 1.29 is 14.1 Å². The highest BCUT2D eigenvalue weighted by molar-refractivity contribution is 6.31. The van der Waals surface area contributed by atoms with Crippen LogP contribution in [0.1, 0.15) is 5.56 Å². The monoisotopic (exact) mass is 320 g/mol. The molecule has 0 spiro atoms. The van der Waals surface area contributed by atoms with E-state index in [1.54, 1.807) is 6.07 Å². The molecule has 0 aliphatic carbocycles. The smallest absolute Gasteiger partial charge is 0.294 e. The van der Waals surface area contributed by atoms with E-state index in [1.807, 2.05) is 0 Å². The predicted molar refractivity (Wildman–Crippen MR) is 82.2 cm³/mol. The van der Waals surface area contributed by atoms with Crippen molar-refractivity contribution in [2.45, 2.75) is 0 Å². The summed E-state index contributed by atoms with van der Waals surface area (Å²) in [5.74, 6) is -0.995. The number of benzene rings is 2. The van der Waals surface area contributed by atoms with Gasteiger partial charge in [-0.3, -0.25) is 14.9 Å². The molecule has 2 aromatic rings. The summed E-state index contributed by atoms with van der Waals surface area (Å²) in [5.41, 5.74) is 0.226. The van der Waals surface area contributed by atoms with Gasteiger partial charge in [-0.15, -0.1) is 0 Å². The average molecular weight is 321 g/mol. The number of nitrogens with zero attached hydrogens (tertiary/aromatic N) is 1. The minimum absolute atomic E-state index is 0.0308. The molecule has 1 amide bonds. The van der Waals surface area contributed by atoms with Gasteiger partial charge in [0.15, 0.2) is 0 Å². The largest absolute Gasteiger partial charge is 0.317 e. The summed E-state index contributed by atoms with van der Waals surface area (Å²) in [7, 11) is 0. The maximum atomic E-state index is 13.0. The SMILES string of the molecule is O=C(/C=C/c1cccc(F)c1)Nc1ccc(Cl)cc1[N+](=O)[O-]. The number of carbonyl (C=O) groups is 1. The standard InChI is InChI=1S/C15H10ClFN2O3/c16-11-5-6-13(14(9-11)19(21)22)18-15(20)7-4-10-2-1-3-12(17)8-10/h1-9H,(H,18,20)/b7-4+. The summed E-state index contributed by atoms with van der Waals surface area (Å²) in [6.07, 6.45) is 2.56. The number of anilines is 1. The van der Waals surface area contributed by atoms with Crippen LogP contribution >= 0.6 is 11.6 Å². The minimum Gasteiger partial charge on any atom is -0.317 e. The van der Waals surface area contributed by atoms with E-state index in [1.165, 1.54) is 36.4 Å². The zero-order chi connectivity index (χ0) is 16.1. The van der Waals surface area contributed by atoms with Crippen LogP contribution in [0, 0.1) is 15.9 Å². The van der Waals surface area contributed by atoms with Crippen molar-refractivity contribution in [3.8, 4) is 0 Å². The van der Waals surface area contributed by atoms with Crippen molar-refractivity contribution in [1.29, 1.82) is 0 Å². The van der Waals surface area contributed by atoms with Gasteiger partial charge in [-0.2, -0.15) is 0 Å². The van der Waals surface area contributed by atoms with Gasteiger partial charge in [0.05, 0.1) is 4.92 Å². The van der Waals surface area contributed by atoms with E-state index in [9.17, 15) is 19.3 Å². The lowest BCUT2D eigenvalue weighted by Crippen LogP contribution is -2.09. The van der Waals surface area contributed by atoms with Crippen LogP contribution in [0.15, 0.2) is 48.5 Å². The summed E-state index contributed by atoms with van der Waals surface area (Å²) >= 11 is 5.69. The molecule has 7 heteroatoms. The third kappa shape index (κ3) is 4.13. The Morgan fingerprint density at radius 3 is 2.73 bits per heavy atom. The predicted octanol–water partition coefficient (Wildman–Crippen LogP) is 4.04. The van der Waals surface area contributed by atoms with Gasteiger partial charge in [0.25, 0.3) is 5.69 Å². The number of hydrogen-bond acceptors (Lipinski definition) is 3. The van der Waals surface area contributed by atoms with Crippen LogP contribution in [0.5, 0.6) is 0 Å². The van der Waals surface area contributed by atoms with E-state index < -0.39 is 16.6 Å². The first-order chi connectivity index (χ1) is 10.5. The van der Waals surface area contributed by atoms with Gasteiger partial charge >= 0.3 is 0 Å². The number of hydrogen-bond donors (Lipinski definition) is 1. The van der Waals surface area contributed by atoms with Crippen LogP contribution in [0.4, 0.5) is 15.8 Å². The van der Waals surface area contributed by atoms with Gasteiger partial charge in [-0.25, -0.2) is 4.39 Å². The molecule has 0 unspecified atom stereocenters. The van der Waals surface area contributed by atoms with Gasteiger partial charge in [-0.1, -0.05) is 23.7 Å². The lowest BCUT2D eigenvalue weighted by Gasteiger charge is -2.03. The van der Waals surface area contributed by atoms with Crippen LogP contribution in [0.3, 0.4) is 0 Å². The van der Waals surface area contributed by atoms with Gasteiger partial charge in [0, 0.05) is 17.2 Å². The Bertz CT molecular complexity index is 762. The van der Waals surface area contributed by atoms with Crippen molar-refractivity contribution in [2.24, 2.45) is 0 Å². The van der Waals surface area contributed by atoms with Gasteiger partial charge in [0.2, 0.25) is 5.91 Å². The Hall–Kier alpha value is -2.73. The fourth-order valence-corrected chi connectivity index (χ4v) is 1.88. The molecular weight excluding hydrogens is 311 g/mol. The second-order valence-electron chi connectivity index (χ2n) is 4.30. The van der Waals surface area contributed by atoms with Crippen LogP contribution in [0.2, 0.25) is 5.02 Å². The first-order valence-electron chi connectivity index (χ1n) is 6.14. The molecule has 0 fully saturated rings. The summed E-state index contributed by atoms with van der Waals surface area (Å²) in [6, 6.07) is 9.60. The first-order valence-corrected chi connectivity index (χ1v) is 6.52. The van der Waals surface area contributed by atoms with E-state index in [0.717, 1.165) is 12.1 Å². The third-order valence-electron chi connectivity index (χ3n) is 2.69. The Morgan fingerprint density at radius 2 is 2.05 bits per heavy atom. The zero-order valence-corrected chi connectivity index (χ0v) is 11.9. The number of nitro benzene ring substituents is 1. The lowest BCUT2D eigenvalue weighted by atomic mass is 10.2. The lowest BCUT2D eigenvalue weighted by molar-refractivity contribution is -0.383. The fraction of sp³-hybridized carbons (Fsp3) is 0. The normalized spacial score (nSPS) is 10.6. The molecular formula is C15H10ClFN2O3. The summed E-state index contributed by atoms with van der Waals surface area (Å²) in [4.78, 5) is 22.1. The number of nitro groups is 1. The maximum Gasteiger partial charge on any atom is 0.294 e. The number of nitrogens with one attached hydrogen (secondary N) is 1. The topological polar surface area (TPSA) is 72.2 Å². The molecule has 0 bridgehead atoms. The molecule has 0 aromatic heterocycles. The molecule has 5 nitrogen and oxygen atoms in total. The second kappa shape index (κ2) is 6.82. The highest BCUT2D eigenvalue weighted by Crippen LogP contribution is 2.27. The van der Waals surface area contributed by atoms with Crippen LogP contribution < -0.4 is 5.32 Å². The Kier molecular flexibility index (Phi) is 4.85. The number of rotatable bonds is 4. The fourth-order valence-electron chi connectivity index (χ4n) is 1.72. The van der Waals surface area contributed by atoms with Crippen molar-refractivity contribution in [3.05, 3.63) is 75.1 Å². The quantitative estimate of drug-likeness (QED) is 0.525. The molecule has 112 valence electrons. The Labute approximate surface area is 130 Å². The summed E-state index contributed by atoms with van der Waals surface area (Å²) < 4.78 is 13.0. The third-order valence-corrected chi connectivity index (χ3v) is 2.93. The zero-order valence-electron chi connectivity index (χ0n) is 11.1. The summed E-state index contributed by atoms with van der Waals surface area (Å²) in [5, 5.41) is 13.5. The highest BCUT2D eigenvalue weighted by Gasteiger charge is 2.15. The van der Waals surface area contributed by atoms with E-state index in [4.69, 9.17) is 11.6 Å². The maximum absolute atomic E-state index is 13.0. The summed E-state index contributed by atoms with van der Waals surface area (Å²) in [6.45, 7) is 0. The molecule has 0 saturated carbocycles. The number of carbonyl (C=O) groups excluding carboxylic acids is 1. The van der Waals surface area contributed by atoms with Crippen LogP contribution in [0.25, 0.3) is 6.08 Å². The van der Waals surface area contributed by atoms with Crippen molar-refractivity contribution in [1.82, 2.24) is 0 Å². The van der Waals surface area contributed by atoms with E-state index in [0.29, 0.717) is 5.56 Å². The Morgan fingerprint density at radius 1 is 1.27 bits per heavy atom. The molecule has 1 N–H and O–H groups in total. The molecule has 0 radical (unpaired) electrons. The first kappa shape index (κ1) is 15.7. The van der Waals surface area contributed by atoms with Crippen molar-refractivity contribution in [3.63, 3.8) is 0 Å². The van der Waals surface area contributed by atoms with Gasteiger partial charge < -0.3 is 5.32 Å². The van der Waals surface area contributed by atoms with Crippen LogP contribution in [-0.2, 0) is 4.79 Å². The van der Waals surface area contributed by atoms with Crippen molar-refractivity contribution >= 4 is 35.0 Å². The van der Waals surface area contributed by atoms with Gasteiger partial charge in [0.1, 0.15) is 11.5 Å². The molecule has 0 heterocycles. The van der Waals surface area contributed by atoms with E-state index >= 15 is 0 Å².